The summed E-state index contributed by atoms with van der Waals surface area (Å²) in [6.07, 6.45) is 4.50. The lowest BCUT2D eigenvalue weighted by Gasteiger charge is -2.24. The highest BCUT2D eigenvalue weighted by molar-refractivity contribution is 5.37. The normalized spacial score (nSPS) is 20.4. The first-order valence-corrected chi connectivity index (χ1v) is 6.46. The van der Waals surface area contributed by atoms with E-state index in [0.29, 0.717) is 18.3 Å². The first-order valence-electron chi connectivity index (χ1n) is 6.46. The summed E-state index contributed by atoms with van der Waals surface area (Å²) in [6, 6.07) is 0. The maximum absolute atomic E-state index is 12.4. The van der Waals surface area contributed by atoms with Crippen LogP contribution in [-0.4, -0.2) is 29.2 Å². The molecule has 1 saturated heterocycles. The largest absolute Gasteiger partial charge is 0.352 e. The summed E-state index contributed by atoms with van der Waals surface area (Å²) >= 11 is 0. The van der Waals surface area contributed by atoms with E-state index in [1.54, 1.807) is 17.0 Å². The Morgan fingerprint density at radius 3 is 2.78 bits per heavy atom. The molecule has 1 unspecified atom stereocenters. The molecule has 18 heavy (non-hydrogen) atoms. The number of aromatic nitrogens is 2. The molecule has 5 nitrogen and oxygen atoms in total. The third kappa shape index (κ3) is 2.41. The second-order valence-electron chi connectivity index (χ2n) is 5.93. The maximum atomic E-state index is 12.4. The van der Waals surface area contributed by atoms with Gasteiger partial charge in [0.2, 0.25) is 0 Å². The Morgan fingerprint density at radius 2 is 2.22 bits per heavy atom. The number of hydrogen-bond donors (Lipinski definition) is 1. The maximum Gasteiger partial charge on any atom is 0.293 e. The third-order valence-electron chi connectivity index (χ3n) is 3.46. The average Bonchev–Trinajstić information content (AvgIpc) is 2.76. The smallest absolute Gasteiger partial charge is 0.293 e. The molecule has 0 aromatic carbocycles. The number of nitrogens with zero attached hydrogens (tertiary/aromatic N) is 3. The SMILES string of the molecule is CC(C)(C)n1ccnc(N2CCC(CN)C2)c1=O. The van der Waals surface area contributed by atoms with Crippen LogP contribution in [0.5, 0.6) is 0 Å². The number of anilines is 1. The summed E-state index contributed by atoms with van der Waals surface area (Å²) in [7, 11) is 0. The quantitative estimate of drug-likeness (QED) is 0.842. The van der Waals surface area contributed by atoms with Crippen LogP contribution in [0.25, 0.3) is 0 Å². The Labute approximate surface area is 108 Å². The fraction of sp³-hybridized carbons (Fsp3) is 0.692. The molecule has 0 amide bonds. The van der Waals surface area contributed by atoms with E-state index in [9.17, 15) is 4.79 Å². The van der Waals surface area contributed by atoms with E-state index < -0.39 is 0 Å². The van der Waals surface area contributed by atoms with Crippen molar-refractivity contribution in [2.24, 2.45) is 11.7 Å². The Kier molecular flexibility index (Phi) is 3.43. The lowest BCUT2D eigenvalue weighted by atomic mass is 10.1. The van der Waals surface area contributed by atoms with Crippen molar-refractivity contribution in [3.05, 3.63) is 22.7 Å². The monoisotopic (exact) mass is 250 g/mol. The van der Waals surface area contributed by atoms with Crippen LogP contribution >= 0.6 is 0 Å². The summed E-state index contributed by atoms with van der Waals surface area (Å²) < 4.78 is 1.74. The van der Waals surface area contributed by atoms with Gasteiger partial charge >= 0.3 is 0 Å². The van der Waals surface area contributed by atoms with E-state index in [-0.39, 0.29) is 11.1 Å². The molecule has 2 rings (SSSR count). The van der Waals surface area contributed by atoms with Crippen LogP contribution in [0.15, 0.2) is 17.2 Å². The summed E-state index contributed by atoms with van der Waals surface area (Å²) in [6.45, 7) is 8.45. The molecule has 1 aromatic heterocycles. The molecule has 0 bridgehead atoms. The number of nitrogens with two attached hydrogens (primary N) is 1. The summed E-state index contributed by atoms with van der Waals surface area (Å²) in [4.78, 5) is 18.7. The summed E-state index contributed by atoms with van der Waals surface area (Å²) in [5, 5.41) is 0. The van der Waals surface area contributed by atoms with Gasteiger partial charge in [0.15, 0.2) is 5.82 Å². The molecule has 2 N–H and O–H groups in total. The van der Waals surface area contributed by atoms with Gasteiger partial charge in [-0.05, 0) is 39.7 Å². The molecular weight excluding hydrogens is 228 g/mol. The summed E-state index contributed by atoms with van der Waals surface area (Å²) in [5.74, 6) is 1.04. The van der Waals surface area contributed by atoms with E-state index in [2.05, 4.69) is 9.88 Å². The minimum Gasteiger partial charge on any atom is -0.352 e. The van der Waals surface area contributed by atoms with E-state index in [0.717, 1.165) is 19.5 Å². The van der Waals surface area contributed by atoms with Gasteiger partial charge in [0.1, 0.15) is 0 Å². The van der Waals surface area contributed by atoms with E-state index in [1.807, 2.05) is 20.8 Å². The van der Waals surface area contributed by atoms with E-state index >= 15 is 0 Å². The lowest BCUT2D eigenvalue weighted by Crippen LogP contribution is -2.38. The fourth-order valence-corrected chi connectivity index (χ4v) is 2.36. The minimum absolute atomic E-state index is 0.0114. The van der Waals surface area contributed by atoms with Crippen LogP contribution in [-0.2, 0) is 5.54 Å². The second kappa shape index (κ2) is 4.72. The molecule has 2 heterocycles. The Balaban J connectivity index is 2.33. The molecule has 1 atom stereocenters. The van der Waals surface area contributed by atoms with Crippen molar-refractivity contribution in [3.63, 3.8) is 0 Å². The zero-order valence-electron chi connectivity index (χ0n) is 11.4. The standard InChI is InChI=1S/C13H22N4O/c1-13(2,3)17-7-5-15-11(12(17)18)16-6-4-10(8-14)9-16/h5,7,10H,4,6,8-9,14H2,1-3H3. The Morgan fingerprint density at radius 1 is 1.50 bits per heavy atom. The van der Waals surface area contributed by atoms with Crippen LogP contribution < -0.4 is 16.2 Å². The molecule has 0 saturated carbocycles. The van der Waals surface area contributed by atoms with Crippen LogP contribution in [0.1, 0.15) is 27.2 Å². The molecule has 1 fully saturated rings. The molecule has 0 spiro atoms. The van der Waals surface area contributed by atoms with Crippen molar-refractivity contribution >= 4 is 5.82 Å². The van der Waals surface area contributed by atoms with Crippen LogP contribution in [0.3, 0.4) is 0 Å². The molecule has 1 aliphatic heterocycles. The van der Waals surface area contributed by atoms with Gasteiger partial charge in [0, 0.05) is 31.0 Å². The Bertz CT molecular complexity index is 475. The van der Waals surface area contributed by atoms with Gasteiger partial charge in [0.25, 0.3) is 5.56 Å². The first kappa shape index (κ1) is 13.1. The molecule has 0 aliphatic carbocycles. The van der Waals surface area contributed by atoms with Crippen LogP contribution in [0.4, 0.5) is 5.82 Å². The fourth-order valence-electron chi connectivity index (χ4n) is 2.36. The van der Waals surface area contributed by atoms with Gasteiger partial charge in [-0.3, -0.25) is 4.79 Å². The van der Waals surface area contributed by atoms with Crippen molar-refractivity contribution in [2.75, 3.05) is 24.5 Å². The zero-order valence-corrected chi connectivity index (χ0v) is 11.4. The molecule has 5 heteroatoms. The predicted octanol–water partition coefficient (Wildman–Crippen LogP) is 0.783. The van der Waals surface area contributed by atoms with Crippen LogP contribution in [0, 0.1) is 5.92 Å². The first-order chi connectivity index (χ1) is 8.43. The average molecular weight is 250 g/mol. The van der Waals surface area contributed by atoms with Crippen molar-refractivity contribution in [1.82, 2.24) is 9.55 Å². The van der Waals surface area contributed by atoms with Crippen molar-refractivity contribution in [3.8, 4) is 0 Å². The number of hydrogen-bond acceptors (Lipinski definition) is 4. The van der Waals surface area contributed by atoms with Gasteiger partial charge in [-0.25, -0.2) is 4.98 Å². The molecule has 1 aliphatic rings. The highest BCUT2D eigenvalue weighted by Gasteiger charge is 2.26. The van der Waals surface area contributed by atoms with Gasteiger partial charge in [-0.1, -0.05) is 0 Å². The van der Waals surface area contributed by atoms with Crippen LogP contribution in [0.2, 0.25) is 0 Å². The second-order valence-corrected chi connectivity index (χ2v) is 5.93. The topological polar surface area (TPSA) is 64.2 Å². The summed E-state index contributed by atoms with van der Waals surface area (Å²) in [5.41, 5.74) is 5.45. The van der Waals surface area contributed by atoms with Crippen molar-refractivity contribution in [1.29, 1.82) is 0 Å². The highest BCUT2D eigenvalue weighted by Crippen LogP contribution is 2.19. The molecule has 1 aromatic rings. The Hall–Kier alpha value is -1.36. The molecule has 0 radical (unpaired) electrons. The number of rotatable bonds is 2. The van der Waals surface area contributed by atoms with E-state index in [4.69, 9.17) is 5.73 Å². The molecular formula is C13H22N4O. The van der Waals surface area contributed by atoms with Gasteiger partial charge in [-0.15, -0.1) is 0 Å². The van der Waals surface area contributed by atoms with Crippen molar-refractivity contribution in [2.45, 2.75) is 32.7 Å². The molecule has 100 valence electrons. The third-order valence-corrected chi connectivity index (χ3v) is 3.46. The predicted molar refractivity (Wildman–Crippen MR) is 72.9 cm³/mol. The van der Waals surface area contributed by atoms with Gasteiger partial charge in [-0.2, -0.15) is 0 Å². The van der Waals surface area contributed by atoms with E-state index in [1.165, 1.54) is 0 Å². The lowest BCUT2D eigenvalue weighted by molar-refractivity contribution is 0.382. The van der Waals surface area contributed by atoms with Gasteiger partial charge < -0.3 is 15.2 Å². The minimum atomic E-state index is -0.220. The van der Waals surface area contributed by atoms with Gasteiger partial charge in [0.05, 0.1) is 0 Å². The zero-order chi connectivity index (χ0) is 13.3. The van der Waals surface area contributed by atoms with Crippen molar-refractivity contribution < 1.29 is 0 Å². The highest BCUT2D eigenvalue weighted by atomic mass is 16.1.